The molecule has 0 atom stereocenters. The molecule has 1 amide bonds. The minimum absolute atomic E-state index is 0.0999. The number of rotatable bonds is 6. The fraction of sp³-hybridized carbons (Fsp3) is 0.938. The second-order valence-electron chi connectivity index (χ2n) is 7.44. The molecule has 0 bridgehead atoms. The Morgan fingerprint density at radius 3 is 2.25 bits per heavy atom. The van der Waals surface area contributed by atoms with E-state index in [9.17, 15) is 4.79 Å². The van der Waals surface area contributed by atoms with E-state index in [1.54, 1.807) is 0 Å². The van der Waals surface area contributed by atoms with Crippen molar-refractivity contribution in [2.45, 2.75) is 45.1 Å². The number of nitrogens with one attached hydrogen (secondary N) is 1. The highest BCUT2D eigenvalue weighted by Gasteiger charge is 2.45. The van der Waals surface area contributed by atoms with Crippen LogP contribution in [0.4, 0.5) is 0 Å². The van der Waals surface area contributed by atoms with Crippen LogP contribution in [0, 0.1) is 11.8 Å². The first-order valence-corrected chi connectivity index (χ1v) is 8.33. The summed E-state index contributed by atoms with van der Waals surface area (Å²) in [6, 6.07) is 0. The van der Waals surface area contributed by atoms with Crippen molar-refractivity contribution in [2.24, 2.45) is 11.8 Å². The zero-order valence-corrected chi connectivity index (χ0v) is 13.0. The summed E-state index contributed by atoms with van der Waals surface area (Å²) in [7, 11) is 0. The van der Waals surface area contributed by atoms with Gasteiger partial charge in [0, 0.05) is 45.2 Å². The van der Waals surface area contributed by atoms with E-state index >= 15 is 0 Å². The van der Waals surface area contributed by atoms with Crippen LogP contribution < -0.4 is 5.32 Å². The lowest BCUT2D eigenvalue weighted by Gasteiger charge is -2.37. The Morgan fingerprint density at radius 2 is 1.75 bits per heavy atom. The molecule has 1 N–H and O–H groups in total. The van der Waals surface area contributed by atoms with E-state index in [1.165, 1.54) is 45.6 Å². The van der Waals surface area contributed by atoms with Gasteiger partial charge in [0.15, 0.2) is 0 Å². The van der Waals surface area contributed by atoms with Crippen LogP contribution >= 0.6 is 0 Å². The molecule has 0 aromatic heterocycles. The maximum absolute atomic E-state index is 11.9. The van der Waals surface area contributed by atoms with E-state index in [4.69, 9.17) is 0 Å². The average molecular weight is 279 g/mol. The minimum atomic E-state index is 0.0999. The second kappa shape index (κ2) is 5.64. The van der Waals surface area contributed by atoms with E-state index in [1.807, 2.05) is 13.8 Å². The number of hydrogen-bond acceptors (Lipinski definition) is 3. The highest BCUT2D eigenvalue weighted by atomic mass is 16.2. The molecule has 0 spiro atoms. The normalized spacial score (nSPS) is 26.8. The monoisotopic (exact) mass is 279 g/mol. The summed E-state index contributed by atoms with van der Waals surface area (Å²) in [5.41, 5.74) is 0.111. The van der Waals surface area contributed by atoms with E-state index in [0.717, 1.165) is 25.3 Å². The molecular formula is C16H29N3O. The molecule has 3 aliphatic rings. The van der Waals surface area contributed by atoms with Gasteiger partial charge in [0.25, 0.3) is 0 Å². The smallest absolute Gasteiger partial charge is 0.223 e. The van der Waals surface area contributed by atoms with E-state index in [2.05, 4.69) is 15.1 Å². The van der Waals surface area contributed by atoms with E-state index in [0.29, 0.717) is 0 Å². The van der Waals surface area contributed by atoms with Crippen molar-refractivity contribution in [1.82, 2.24) is 15.1 Å². The molecule has 1 saturated heterocycles. The summed E-state index contributed by atoms with van der Waals surface area (Å²) in [5.74, 6) is 1.32. The summed E-state index contributed by atoms with van der Waals surface area (Å²) >= 11 is 0. The molecule has 0 radical (unpaired) electrons. The lowest BCUT2D eigenvalue weighted by molar-refractivity contribution is -0.125. The molecule has 3 rings (SSSR count). The minimum Gasteiger partial charge on any atom is -0.349 e. The van der Waals surface area contributed by atoms with Gasteiger partial charge in [-0.1, -0.05) is 13.8 Å². The van der Waals surface area contributed by atoms with Crippen molar-refractivity contribution in [3.05, 3.63) is 0 Å². The number of hydrogen-bond donors (Lipinski definition) is 1. The largest absolute Gasteiger partial charge is 0.349 e. The van der Waals surface area contributed by atoms with Crippen molar-refractivity contribution < 1.29 is 4.79 Å². The Labute approximate surface area is 122 Å². The average Bonchev–Trinajstić information content (AvgIpc) is 3.31. The van der Waals surface area contributed by atoms with Gasteiger partial charge in [0.2, 0.25) is 5.91 Å². The Morgan fingerprint density at radius 1 is 1.15 bits per heavy atom. The quantitative estimate of drug-likeness (QED) is 0.796. The van der Waals surface area contributed by atoms with Crippen molar-refractivity contribution in [3.63, 3.8) is 0 Å². The highest BCUT2D eigenvalue weighted by Crippen LogP contribution is 2.37. The van der Waals surface area contributed by atoms with Gasteiger partial charge in [-0.05, 0) is 31.6 Å². The Hall–Kier alpha value is -0.610. The lowest BCUT2D eigenvalue weighted by Crippen LogP contribution is -2.53. The molecule has 3 fully saturated rings. The summed E-state index contributed by atoms with van der Waals surface area (Å²) in [6.45, 7) is 11.1. The summed E-state index contributed by atoms with van der Waals surface area (Å²) in [4.78, 5) is 17.1. The van der Waals surface area contributed by atoms with Gasteiger partial charge >= 0.3 is 0 Å². The third-order valence-electron chi connectivity index (χ3n) is 4.97. The van der Waals surface area contributed by atoms with E-state index < -0.39 is 0 Å². The van der Waals surface area contributed by atoms with Gasteiger partial charge < -0.3 is 10.2 Å². The molecule has 0 unspecified atom stereocenters. The molecule has 0 aromatic carbocycles. The SMILES string of the molecule is CC(C)C(=O)NC1(CN2CCN(CC3CC3)CC2)CC1. The zero-order valence-electron chi connectivity index (χ0n) is 13.0. The highest BCUT2D eigenvalue weighted by molar-refractivity contribution is 5.79. The molecule has 0 aromatic rings. The van der Waals surface area contributed by atoms with Crippen LogP contribution in [-0.4, -0.2) is 60.5 Å². The Kier molecular flexibility index (Phi) is 4.04. The van der Waals surface area contributed by atoms with Gasteiger partial charge in [-0.2, -0.15) is 0 Å². The van der Waals surface area contributed by atoms with Crippen LogP contribution in [0.15, 0.2) is 0 Å². The van der Waals surface area contributed by atoms with Crippen LogP contribution in [0.2, 0.25) is 0 Å². The van der Waals surface area contributed by atoms with Crippen molar-refractivity contribution in [1.29, 1.82) is 0 Å². The second-order valence-corrected chi connectivity index (χ2v) is 7.44. The summed E-state index contributed by atoms with van der Waals surface area (Å²) < 4.78 is 0. The van der Waals surface area contributed by atoms with Crippen LogP contribution in [0.1, 0.15) is 39.5 Å². The molecule has 1 aliphatic heterocycles. The maximum Gasteiger partial charge on any atom is 0.223 e. The van der Waals surface area contributed by atoms with Gasteiger partial charge in [-0.3, -0.25) is 9.69 Å². The van der Waals surface area contributed by atoms with Gasteiger partial charge in [0.1, 0.15) is 0 Å². The van der Waals surface area contributed by atoms with Crippen LogP contribution in [0.25, 0.3) is 0 Å². The van der Waals surface area contributed by atoms with Gasteiger partial charge in [-0.25, -0.2) is 0 Å². The molecule has 4 heteroatoms. The first-order valence-electron chi connectivity index (χ1n) is 8.33. The van der Waals surface area contributed by atoms with Gasteiger partial charge in [-0.15, -0.1) is 0 Å². The fourth-order valence-corrected chi connectivity index (χ4v) is 3.10. The first-order chi connectivity index (χ1) is 9.56. The maximum atomic E-state index is 11.9. The summed E-state index contributed by atoms with van der Waals surface area (Å²) in [5, 5.41) is 3.27. The van der Waals surface area contributed by atoms with E-state index in [-0.39, 0.29) is 17.4 Å². The predicted molar refractivity (Wildman–Crippen MR) is 80.5 cm³/mol. The van der Waals surface area contributed by atoms with Crippen molar-refractivity contribution in [2.75, 3.05) is 39.3 Å². The zero-order chi connectivity index (χ0) is 14.2. The fourth-order valence-electron chi connectivity index (χ4n) is 3.10. The molecule has 2 saturated carbocycles. The number of carbonyl (C=O) groups is 1. The predicted octanol–water partition coefficient (Wildman–Crippen LogP) is 1.32. The van der Waals surface area contributed by atoms with Crippen LogP contribution in [-0.2, 0) is 4.79 Å². The molecule has 1 heterocycles. The third kappa shape index (κ3) is 3.73. The van der Waals surface area contributed by atoms with Crippen molar-refractivity contribution >= 4 is 5.91 Å². The van der Waals surface area contributed by atoms with Crippen molar-refractivity contribution in [3.8, 4) is 0 Å². The standard InChI is InChI=1S/C16H29N3O/c1-13(2)15(20)17-16(5-6-16)12-19-9-7-18(8-10-19)11-14-3-4-14/h13-14H,3-12H2,1-2H3,(H,17,20). The number of amides is 1. The molecule has 4 nitrogen and oxygen atoms in total. The molecule has 2 aliphatic carbocycles. The molecular weight excluding hydrogens is 250 g/mol. The summed E-state index contributed by atoms with van der Waals surface area (Å²) in [6.07, 6.45) is 5.22. The Balaban J connectivity index is 1.41. The van der Waals surface area contributed by atoms with Crippen LogP contribution in [0.5, 0.6) is 0 Å². The van der Waals surface area contributed by atoms with Gasteiger partial charge in [0.05, 0.1) is 5.54 Å². The third-order valence-corrected chi connectivity index (χ3v) is 4.97. The number of carbonyl (C=O) groups excluding carboxylic acids is 1. The lowest BCUT2D eigenvalue weighted by atomic mass is 10.1. The number of piperazine rings is 1. The number of nitrogens with zero attached hydrogens (tertiary/aromatic N) is 2. The van der Waals surface area contributed by atoms with Crippen LogP contribution in [0.3, 0.4) is 0 Å². The molecule has 20 heavy (non-hydrogen) atoms. The molecule has 114 valence electrons. The Bertz CT molecular complexity index is 353. The topological polar surface area (TPSA) is 35.6 Å². The first kappa shape index (κ1) is 14.3.